The van der Waals surface area contributed by atoms with Gasteiger partial charge in [-0.05, 0) is 43.8 Å². The Labute approximate surface area is 126 Å². The maximum absolute atomic E-state index is 11.3. The average Bonchev–Trinajstić information content (AvgIpc) is 2.53. The van der Waals surface area contributed by atoms with Gasteiger partial charge in [0.1, 0.15) is 5.75 Å². The summed E-state index contributed by atoms with van der Waals surface area (Å²) < 4.78 is 5.43. The van der Waals surface area contributed by atoms with Crippen LogP contribution in [0.25, 0.3) is 0 Å². The number of hydrogen-bond acceptors (Lipinski definition) is 3. The van der Waals surface area contributed by atoms with Crippen molar-refractivity contribution in [1.82, 2.24) is 10.2 Å². The lowest BCUT2D eigenvalue weighted by atomic mass is 9.73. The summed E-state index contributed by atoms with van der Waals surface area (Å²) >= 11 is 0. The number of para-hydroxylation sites is 1. The summed E-state index contributed by atoms with van der Waals surface area (Å²) in [6, 6.07) is 8.25. The van der Waals surface area contributed by atoms with E-state index in [1.807, 2.05) is 12.1 Å². The van der Waals surface area contributed by atoms with Gasteiger partial charge in [-0.25, -0.2) is 0 Å². The number of piperidine rings is 2. The summed E-state index contributed by atoms with van der Waals surface area (Å²) in [4.78, 5) is 13.8. The van der Waals surface area contributed by atoms with Crippen LogP contribution in [0.4, 0.5) is 0 Å². The molecule has 2 saturated heterocycles. The van der Waals surface area contributed by atoms with Crippen LogP contribution < -0.4 is 10.1 Å². The number of nitrogens with one attached hydrogen (secondary N) is 1. The zero-order valence-electron chi connectivity index (χ0n) is 12.7. The largest absolute Gasteiger partial charge is 0.496 e. The third-order valence-corrected chi connectivity index (χ3v) is 5.05. The molecule has 1 aromatic carbocycles. The quantitative estimate of drug-likeness (QED) is 0.927. The van der Waals surface area contributed by atoms with Crippen LogP contribution in [0.2, 0.25) is 0 Å². The molecule has 0 saturated carbocycles. The van der Waals surface area contributed by atoms with Crippen LogP contribution in [0.1, 0.15) is 31.2 Å². The predicted octanol–water partition coefficient (Wildman–Crippen LogP) is 2.19. The fourth-order valence-corrected chi connectivity index (χ4v) is 3.53. The average molecular weight is 288 g/mol. The van der Waals surface area contributed by atoms with Gasteiger partial charge in [-0.2, -0.15) is 0 Å². The second kappa shape index (κ2) is 6.06. The van der Waals surface area contributed by atoms with Crippen LogP contribution >= 0.6 is 0 Å². The van der Waals surface area contributed by atoms with Crippen LogP contribution in [0, 0.1) is 5.41 Å². The Hall–Kier alpha value is -1.55. The first-order valence-corrected chi connectivity index (χ1v) is 7.82. The van der Waals surface area contributed by atoms with Gasteiger partial charge in [-0.15, -0.1) is 0 Å². The molecule has 0 radical (unpaired) electrons. The summed E-state index contributed by atoms with van der Waals surface area (Å²) in [5, 5.41) is 3.05. The third kappa shape index (κ3) is 3.21. The van der Waals surface area contributed by atoms with Gasteiger partial charge >= 0.3 is 0 Å². The molecule has 2 heterocycles. The number of amides is 1. The first kappa shape index (κ1) is 14.4. The van der Waals surface area contributed by atoms with Crippen LogP contribution in [0.5, 0.6) is 5.75 Å². The summed E-state index contributed by atoms with van der Waals surface area (Å²) in [5.41, 5.74) is 1.61. The highest BCUT2D eigenvalue weighted by Crippen LogP contribution is 2.38. The fourth-order valence-electron chi connectivity index (χ4n) is 3.53. The van der Waals surface area contributed by atoms with Crippen molar-refractivity contribution in [3.63, 3.8) is 0 Å². The summed E-state index contributed by atoms with van der Waals surface area (Å²) in [6.07, 6.45) is 4.12. The highest BCUT2D eigenvalue weighted by molar-refractivity contribution is 5.76. The maximum atomic E-state index is 11.3. The molecule has 114 valence electrons. The van der Waals surface area contributed by atoms with E-state index in [1.54, 1.807) is 7.11 Å². The first-order valence-electron chi connectivity index (χ1n) is 7.82. The van der Waals surface area contributed by atoms with Crippen molar-refractivity contribution >= 4 is 5.91 Å². The van der Waals surface area contributed by atoms with Crippen LogP contribution in [0.15, 0.2) is 24.3 Å². The Kier molecular flexibility index (Phi) is 4.15. The minimum absolute atomic E-state index is 0.220. The summed E-state index contributed by atoms with van der Waals surface area (Å²) in [7, 11) is 1.73. The Morgan fingerprint density at radius 3 is 2.67 bits per heavy atom. The van der Waals surface area contributed by atoms with Crippen molar-refractivity contribution in [2.45, 2.75) is 32.2 Å². The maximum Gasteiger partial charge on any atom is 0.220 e. The van der Waals surface area contributed by atoms with E-state index in [9.17, 15) is 4.79 Å². The first-order chi connectivity index (χ1) is 10.2. The van der Waals surface area contributed by atoms with E-state index in [1.165, 1.54) is 18.4 Å². The molecule has 0 atom stereocenters. The van der Waals surface area contributed by atoms with Gasteiger partial charge < -0.3 is 10.1 Å². The molecule has 21 heavy (non-hydrogen) atoms. The van der Waals surface area contributed by atoms with E-state index in [0.717, 1.165) is 38.3 Å². The lowest BCUT2D eigenvalue weighted by Gasteiger charge is -2.44. The van der Waals surface area contributed by atoms with Gasteiger partial charge in [-0.3, -0.25) is 9.69 Å². The highest BCUT2D eigenvalue weighted by Gasteiger charge is 2.37. The molecule has 3 rings (SSSR count). The molecule has 1 spiro atoms. The van der Waals surface area contributed by atoms with Crippen molar-refractivity contribution in [3.05, 3.63) is 29.8 Å². The van der Waals surface area contributed by atoms with Crippen molar-refractivity contribution in [2.24, 2.45) is 5.41 Å². The lowest BCUT2D eigenvalue weighted by molar-refractivity contribution is -0.125. The number of rotatable bonds is 3. The number of likely N-dealkylation sites (tertiary alicyclic amines) is 1. The minimum atomic E-state index is 0.220. The number of hydrogen-bond donors (Lipinski definition) is 1. The van der Waals surface area contributed by atoms with Crippen molar-refractivity contribution < 1.29 is 9.53 Å². The van der Waals surface area contributed by atoms with E-state index >= 15 is 0 Å². The number of carbonyl (C=O) groups excluding carboxylic acids is 1. The molecule has 1 N–H and O–H groups in total. The fraction of sp³-hybridized carbons (Fsp3) is 0.588. The Morgan fingerprint density at radius 2 is 2.00 bits per heavy atom. The molecule has 2 aliphatic rings. The van der Waals surface area contributed by atoms with Crippen molar-refractivity contribution in [2.75, 3.05) is 26.7 Å². The molecular weight excluding hydrogens is 264 g/mol. The van der Waals surface area contributed by atoms with Gasteiger partial charge in [0.2, 0.25) is 5.91 Å². The molecule has 2 aliphatic heterocycles. The number of carbonyl (C=O) groups is 1. The monoisotopic (exact) mass is 288 g/mol. The molecular formula is C17H24N2O2. The predicted molar refractivity (Wildman–Crippen MR) is 82.2 cm³/mol. The van der Waals surface area contributed by atoms with E-state index in [2.05, 4.69) is 22.3 Å². The zero-order chi connectivity index (χ0) is 14.7. The number of benzene rings is 1. The van der Waals surface area contributed by atoms with Crippen LogP contribution in [-0.2, 0) is 11.3 Å². The summed E-state index contributed by atoms with van der Waals surface area (Å²) in [6.45, 7) is 4.03. The smallest absolute Gasteiger partial charge is 0.220 e. The van der Waals surface area contributed by atoms with Crippen molar-refractivity contribution in [3.8, 4) is 5.75 Å². The third-order valence-electron chi connectivity index (χ3n) is 5.05. The minimum Gasteiger partial charge on any atom is -0.496 e. The van der Waals surface area contributed by atoms with E-state index in [-0.39, 0.29) is 5.91 Å². The normalized spacial score (nSPS) is 22.0. The number of methoxy groups -OCH3 is 1. The molecule has 1 aromatic rings. The van der Waals surface area contributed by atoms with Crippen LogP contribution in [0.3, 0.4) is 0 Å². The Morgan fingerprint density at radius 1 is 1.24 bits per heavy atom. The topological polar surface area (TPSA) is 41.6 Å². The molecule has 4 nitrogen and oxygen atoms in total. The van der Waals surface area contributed by atoms with Gasteiger partial charge in [-0.1, -0.05) is 18.2 Å². The molecule has 0 unspecified atom stereocenters. The second-order valence-electron chi connectivity index (χ2n) is 6.36. The molecule has 0 bridgehead atoms. The standard InChI is InChI=1S/C17H24N2O2/c1-21-15-5-3-2-4-14(15)12-19-10-8-17(9-11-19)7-6-16(20)18-13-17/h2-5H,6-13H2,1H3,(H,18,20). The highest BCUT2D eigenvalue weighted by atomic mass is 16.5. The van der Waals surface area contributed by atoms with Crippen LogP contribution in [-0.4, -0.2) is 37.6 Å². The number of nitrogens with zero attached hydrogens (tertiary/aromatic N) is 1. The van der Waals surface area contributed by atoms with Gasteiger partial charge in [0.25, 0.3) is 0 Å². The molecule has 0 aliphatic carbocycles. The molecule has 0 aromatic heterocycles. The number of ether oxygens (including phenoxy) is 1. The van der Waals surface area contributed by atoms with E-state index in [0.29, 0.717) is 11.8 Å². The lowest BCUT2D eigenvalue weighted by Crippen LogP contribution is -2.49. The molecule has 1 amide bonds. The van der Waals surface area contributed by atoms with Gasteiger partial charge in [0.05, 0.1) is 7.11 Å². The van der Waals surface area contributed by atoms with E-state index in [4.69, 9.17) is 4.74 Å². The second-order valence-corrected chi connectivity index (χ2v) is 6.36. The SMILES string of the molecule is COc1ccccc1CN1CCC2(CCC(=O)NC2)CC1. The summed E-state index contributed by atoms with van der Waals surface area (Å²) in [5.74, 6) is 1.19. The molecule has 4 heteroatoms. The van der Waals surface area contributed by atoms with E-state index < -0.39 is 0 Å². The van der Waals surface area contributed by atoms with Gasteiger partial charge in [0.15, 0.2) is 0 Å². The Balaban J connectivity index is 1.57. The molecule has 2 fully saturated rings. The van der Waals surface area contributed by atoms with Crippen molar-refractivity contribution in [1.29, 1.82) is 0 Å². The van der Waals surface area contributed by atoms with Gasteiger partial charge in [0, 0.05) is 25.1 Å². The zero-order valence-corrected chi connectivity index (χ0v) is 12.7. The Bertz CT molecular complexity index is 495.